The minimum Gasteiger partial charge on any atom is -0.363 e. The molecule has 7 heteroatoms. The molecular formula is C18H29N5O2. The lowest BCUT2D eigenvalue weighted by atomic mass is 10.0. The average molecular weight is 347 g/mol. The molecular weight excluding hydrogens is 318 g/mol. The van der Waals surface area contributed by atoms with Crippen molar-refractivity contribution in [2.45, 2.75) is 52.1 Å². The predicted octanol–water partition coefficient (Wildman–Crippen LogP) is 1.98. The Balaban J connectivity index is 2.38. The zero-order chi connectivity index (χ0) is 18.6. The van der Waals surface area contributed by atoms with Crippen LogP contribution in [0, 0.1) is 0 Å². The molecule has 2 amide bonds. The van der Waals surface area contributed by atoms with E-state index in [1.165, 1.54) is 6.92 Å². The van der Waals surface area contributed by atoms with Gasteiger partial charge in [-0.3, -0.25) is 9.59 Å². The van der Waals surface area contributed by atoms with Crippen LogP contribution in [0.1, 0.15) is 57.1 Å². The highest BCUT2D eigenvalue weighted by molar-refractivity contribution is 5.76. The Hall–Kier alpha value is -2.18. The molecule has 0 N–H and O–H groups in total. The quantitative estimate of drug-likeness (QED) is 0.815. The van der Waals surface area contributed by atoms with E-state index >= 15 is 0 Å². The second-order valence-electron chi connectivity index (χ2n) is 6.80. The second kappa shape index (κ2) is 8.27. The first-order valence-corrected chi connectivity index (χ1v) is 8.89. The summed E-state index contributed by atoms with van der Waals surface area (Å²) in [6, 6.07) is 1.82. The third-order valence-corrected chi connectivity index (χ3v) is 4.60. The van der Waals surface area contributed by atoms with Crippen LogP contribution in [-0.2, 0) is 16.1 Å². The molecule has 0 spiro atoms. The van der Waals surface area contributed by atoms with E-state index in [0.717, 1.165) is 37.3 Å². The van der Waals surface area contributed by atoms with Gasteiger partial charge in [-0.2, -0.15) is 0 Å². The predicted molar refractivity (Wildman–Crippen MR) is 97.1 cm³/mol. The fourth-order valence-corrected chi connectivity index (χ4v) is 3.02. The summed E-state index contributed by atoms with van der Waals surface area (Å²) in [6.45, 7) is 4.62. The molecule has 1 aromatic heterocycles. The van der Waals surface area contributed by atoms with Gasteiger partial charge >= 0.3 is 0 Å². The van der Waals surface area contributed by atoms with Crippen molar-refractivity contribution in [1.29, 1.82) is 0 Å². The van der Waals surface area contributed by atoms with Gasteiger partial charge < -0.3 is 14.7 Å². The Morgan fingerprint density at radius 3 is 2.56 bits per heavy atom. The summed E-state index contributed by atoms with van der Waals surface area (Å²) in [6.07, 6.45) is 3.46. The monoisotopic (exact) mass is 347 g/mol. The van der Waals surface area contributed by atoms with Gasteiger partial charge in [0.1, 0.15) is 5.82 Å². The van der Waals surface area contributed by atoms with Crippen LogP contribution < -0.4 is 4.90 Å². The summed E-state index contributed by atoms with van der Waals surface area (Å²) in [5, 5.41) is 0. The third kappa shape index (κ3) is 4.67. The van der Waals surface area contributed by atoms with E-state index in [4.69, 9.17) is 9.97 Å². The zero-order valence-electron chi connectivity index (χ0n) is 15.9. The first-order valence-electron chi connectivity index (χ1n) is 8.89. The first kappa shape index (κ1) is 19.1. The van der Waals surface area contributed by atoms with Gasteiger partial charge in [-0.05, 0) is 19.3 Å². The highest BCUT2D eigenvalue weighted by atomic mass is 16.2. The topological polar surface area (TPSA) is 69.6 Å². The maximum Gasteiger partial charge on any atom is 0.222 e. The van der Waals surface area contributed by atoms with Crippen molar-refractivity contribution >= 4 is 17.6 Å². The molecule has 138 valence electrons. The lowest BCUT2D eigenvalue weighted by Gasteiger charge is -2.35. The number of carbonyl (C=O) groups is 2. The van der Waals surface area contributed by atoms with Crippen LogP contribution >= 0.6 is 0 Å². The van der Waals surface area contributed by atoms with Crippen molar-refractivity contribution in [1.82, 2.24) is 19.8 Å². The molecule has 0 aliphatic carbocycles. The Kier molecular flexibility index (Phi) is 6.33. The molecule has 1 saturated heterocycles. The number of rotatable bonds is 5. The Morgan fingerprint density at radius 2 is 1.96 bits per heavy atom. The van der Waals surface area contributed by atoms with Gasteiger partial charge in [0, 0.05) is 47.1 Å². The minimum atomic E-state index is -0.0810. The number of hydrogen-bond donors (Lipinski definition) is 0. The Labute approximate surface area is 150 Å². The summed E-state index contributed by atoms with van der Waals surface area (Å²) in [4.78, 5) is 38.7. The fraction of sp³-hybridized carbons (Fsp3) is 0.667. The molecule has 1 aliphatic heterocycles. The standard InChI is InChI=1S/C18H29N5O2/c1-6-17(25)23-10-8-7-9-15(23)18-19-14(12-22(5)13(2)24)11-16(20-18)21(3)4/h11,15H,6-10,12H2,1-5H3. The van der Waals surface area contributed by atoms with E-state index in [9.17, 15) is 9.59 Å². The molecule has 25 heavy (non-hydrogen) atoms. The number of amides is 2. The van der Waals surface area contributed by atoms with Crippen LogP contribution in [0.5, 0.6) is 0 Å². The number of likely N-dealkylation sites (tertiary alicyclic amines) is 1. The van der Waals surface area contributed by atoms with Gasteiger partial charge in [-0.25, -0.2) is 9.97 Å². The van der Waals surface area contributed by atoms with Crippen molar-refractivity contribution in [3.05, 3.63) is 17.6 Å². The van der Waals surface area contributed by atoms with Gasteiger partial charge in [0.15, 0.2) is 5.82 Å². The summed E-state index contributed by atoms with van der Waals surface area (Å²) in [5.41, 5.74) is 0.792. The van der Waals surface area contributed by atoms with Crippen LogP contribution in [0.15, 0.2) is 6.07 Å². The van der Waals surface area contributed by atoms with Gasteiger partial charge in [0.25, 0.3) is 0 Å². The molecule has 0 radical (unpaired) electrons. The smallest absolute Gasteiger partial charge is 0.222 e. The molecule has 2 heterocycles. The summed E-state index contributed by atoms with van der Waals surface area (Å²) in [7, 11) is 5.62. The molecule has 1 unspecified atom stereocenters. The van der Waals surface area contributed by atoms with E-state index in [1.54, 1.807) is 11.9 Å². The van der Waals surface area contributed by atoms with Crippen molar-refractivity contribution in [2.24, 2.45) is 0 Å². The summed E-state index contributed by atoms with van der Waals surface area (Å²) < 4.78 is 0. The second-order valence-corrected chi connectivity index (χ2v) is 6.80. The van der Waals surface area contributed by atoms with Crippen LogP contribution in [0.2, 0.25) is 0 Å². The maximum atomic E-state index is 12.3. The van der Waals surface area contributed by atoms with E-state index in [2.05, 4.69) is 0 Å². The van der Waals surface area contributed by atoms with Gasteiger partial charge in [-0.15, -0.1) is 0 Å². The number of carbonyl (C=O) groups excluding carboxylic acids is 2. The zero-order valence-corrected chi connectivity index (χ0v) is 15.9. The highest BCUT2D eigenvalue weighted by Crippen LogP contribution is 2.30. The van der Waals surface area contributed by atoms with E-state index in [0.29, 0.717) is 18.8 Å². The molecule has 0 bridgehead atoms. The van der Waals surface area contributed by atoms with E-state index in [1.807, 2.05) is 36.9 Å². The normalized spacial score (nSPS) is 17.3. The van der Waals surface area contributed by atoms with Crippen LogP contribution in [0.25, 0.3) is 0 Å². The molecule has 1 fully saturated rings. The van der Waals surface area contributed by atoms with Crippen LogP contribution in [-0.4, -0.2) is 59.3 Å². The molecule has 2 rings (SSSR count). The van der Waals surface area contributed by atoms with Crippen LogP contribution in [0.3, 0.4) is 0 Å². The van der Waals surface area contributed by atoms with Crippen molar-refractivity contribution in [3.8, 4) is 0 Å². The molecule has 7 nitrogen and oxygen atoms in total. The lowest BCUT2D eigenvalue weighted by Crippen LogP contribution is -2.39. The van der Waals surface area contributed by atoms with E-state index in [-0.39, 0.29) is 17.9 Å². The number of piperidine rings is 1. The minimum absolute atomic E-state index is 0.00739. The van der Waals surface area contributed by atoms with Gasteiger partial charge in [0.05, 0.1) is 18.3 Å². The van der Waals surface area contributed by atoms with Crippen molar-refractivity contribution in [2.75, 3.05) is 32.6 Å². The number of hydrogen-bond acceptors (Lipinski definition) is 5. The summed E-state index contributed by atoms with van der Waals surface area (Å²) >= 11 is 0. The number of aromatic nitrogens is 2. The lowest BCUT2D eigenvalue weighted by molar-refractivity contribution is -0.135. The molecule has 0 saturated carbocycles. The average Bonchev–Trinajstić information content (AvgIpc) is 2.60. The van der Waals surface area contributed by atoms with Gasteiger partial charge in [-0.1, -0.05) is 6.92 Å². The van der Waals surface area contributed by atoms with Crippen LogP contribution in [0.4, 0.5) is 5.82 Å². The molecule has 1 aromatic rings. The highest BCUT2D eigenvalue weighted by Gasteiger charge is 2.30. The summed E-state index contributed by atoms with van der Waals surface area (Å²) in [5.74, 6) is 1.61. The Bertz CT molecular complexity index is 632. The van der Waals surface area contributed by atoms with Crippen molar-refractivity contribution in [3.63, 3.8) is 0 Å². The van der Waals surface area contributed by atoms with Crippen molar-refractivity contribution < 1.29 is 9.59 Å². The number of anilines is 1. The molecule has 0 aromatic carbocycles. The molecule has 1 aliphatic rings. The first-order chi connectivity index (χ1) is 11.8. The largest absolute Gasteiger partial charge is 0.363 e. The maximum absolute atomic E-state index is 12.3. The third-order valence-electron chi connectivity index (χ3n) is 4.60. The van der Waals surface area contributed by atoms with Gasteiger partial charge in [0.2, 0.25) is 11.8 Å². The Morgan fingerprint density at radius 1 is 1.24 bits per heavy atom. The number of nitrogens with zero attached hydrogens (tertiary/aromatic N) is 5. The SMILES string of the molecule is CCC(=O)N1CCCCC1c1nc(CN(C)C(C)=O)cc(N(C)C)n1. The molecule has 1 atom stereocenters. The van der Waals surface area contributed by atoms with E-state index < -0.39 is 0 Å². The fourth-order valence-electron chi connectivity index (χ4n) is 3.02.